The molecule has 2 atom stereocenters. The third-order valence-electron chi connectivity index (χ3n) is 3.56. The number of hydrogen-bond acceptors (Lipinski definition) is 5. The highest BCUT2D eigenvalue weighted by Gasteiger charge is 2.43. The van der Waals surface area contributed by atoms with Gasteiger partial charge >= 0.3 is 0 Å². The molecule has 96 valence electrons. The molecule has 0 amide bonds. The summed E-state index contributed by atoms with van der Waals surface area (Å²) in [6.07, 6.45) is 3.34. The Bertz CT molecular complexity index is 607. The first-order valence-electron chi connectivity index (χ1n) is 6.18. The molecule has 1 aliphatic carbocycles. The van der Waals surface area contributed by atoms with Crippen LogP contribution in [0.1, 0.15) is 30.9 Å². The van der Waals surface area contributed by atoms with Crippen molar-refractivity contribution < 1.29 is 13.9 Å². The second-order valence-corrected chi connectivity index (χ2v) is 4.68. The van der Waals surface area contributed by atoms with E-state index in [1.54, 1.807) is 12.1 Å². The molecule has 0 radical (unpaired) electrons. The van der Waals surface area contributed by atoms with Gasteiger partial charge in [-0.25, -0.2) is 0 Å². The third-order valence-corrected chi connectivity index (χ3v) is 3.56. The molecule has 5 nitrogen and oxygen atoms in total. The number of nitriles is 1. The summed E-state index contributed by atoms with van der Waals surface area (Å²) in [5.74, 6) is -0.333. The maximum atomic E-state index is 12.1. The van der Waals surface area contributed by atoms with Gasteiger partial charge in [0.25, 0.3) is 0 Å². The zero-order valence-electron chi connectivity index (χ0n) is 10.2. The molecule has 0 aromatic carbocycles. The normalized spacial score (nSPS) is 26.7. The maximum absolute atomic E-state index is 12.1. The molecule has 2 unspecified atom stereocenters. The standard InChI is InChI=1S/C14H12N2O3/c15-7-8-12(10-5-2-6-18-10)13-9(17)3-1-4-11(13)19-14(8)16/h2,5-6,8,12,16H,1,3-4H2. The van der Waals surface area contributed by atoms with Crippen molar-refractivity contribution in [2.24, 2.45) is 5.92 Å². The van der Waals surface area contributed by atoms with Gasteiger partial charge in [-0.3, -0.25) is 10.2 Å². The monoisotopic (exact) mass is 256 g/mol. The van der Waals surface area contributed by atoms with Crippen molar-refractivity contribution in [3.63, 3.8) is 0 Å². The summed E-state index contributed by atoms with van der Waals surface area (Å²) >= 11 is 0. The van der Waals surface area contributed by atoms with Gasteiger partial charge in [0.1, 0.15) is 17.4 Å². The molecule has 2 heterocycles. The first-order valence-corrected chi connectivity index (χ1v) is 6.18. The van der Waals surface area contributed by atoms with Gasteiger partial charge in [-0.05, 0) is 18.6 Å². The van der Waals surface area contributed by atoms with E-state index in [1.165, 1.54) is 6.26 Å². The van der Waals surface area contributed by atoms with Crippen molar-refractivity contribution in [1.29, 1.82) is 10.7 Å². The molecule has 5 heteroatoms. The van der Waals surface area contributed by atoms with Gasteiger partial charge in [-0.15, -0.1) is 0 Å². The smallest absolute Gasteiger partial charge is 0.205 e. The van der Waals surface area contributed by atoms with Crippen LogP contribution in [-0.4, -0.2) is 11.7 Å². The molecule has 1 aliphatic heterocycles. The fourth-order valence-corrected chi connectivity index (χ4v) is 2.71. The second-order valence-electron chi connectivity index (χ2n) is 4.68. The predicted octanol–water partition coefficient (Wildman–Crippen LogP) is 2.52. The van der Waals surface area contributed by atoms with E-state index in [0.717, 1.165) is 6.42 Å². The lowest BCUT2D eigenvalue weighted by atomic mass is 9.76. The fraction of sp³-hybridized carbons (Fsp3) is 0.357. The quantitative estimate of drug-likeness (QED) is 0.836. The van der Waals surface area contributed by atoms with Crippen molar-refractivity contribution >= 4 is 11.7 Å². The van der Waals surface area contributed by atoms with Gasteiger partial charge in [-0.1, -0.05) is 0 Å². The van der Waals surface area contributed by atoms with E-state index in [9.17, 15) is 10.1 Å². The van der Waals surface area contributed by atoms with E-state index in [0.29, 0.717) is 29.9 Å². The van der Waals surface area contributed by atoms with E-state index >= 15 is 0 Å². The maximum Gasteiger partial charge on any atom is 0.205 e. The summed E-state index contributed by atoms with van der Waals surface area (Å²) in [7, 11) is 0. The van der Waals surface area contributed by atoms with Crippen molar-refractivity contribution in [1.82, 2.24) is 0 Å². The fourth-order valence-electron chi connectivity index (χ4n) is 2.71. The lowest BCUT2D eigenvalue weighted by molar-refractivity contribution is -0.116. The summed E-state index contributed by atoms with van der Waals surface area (Å²) in [6.45, 7) is 0. The zero-order valence-corrected chi connectivity index (χ0v) is 10.2. The number of nitrogens with zero attached hydrogens (tertiary/aromatic N) is 1. The second kappa shape index (κ2) is 4.39. The Labute approximate surface area is 110 Å². The number of furan rings is 1. The summed E-state index contributed by atoms with van der Waals surface area (Å²) in [5.41, 5.74) is 0.517. The number of Topliss-reactive ketones (excluding diaryl/α,β-unsaturated/α-hetero) is 1. The molecule has 1 aromatic heterocycles. The topological polar surface area (TPSA) is 87.1 Å². The summed E-state index contributed by atoms with van der Waals surface area (Å²) in [6, 6.07) is 5.50. The molecule has 0 fully saturated rings. The molecule has 1 N–H and O–H groups in total. The van der Waals surface area contributed by atoms with Gasteiger partial charge in [-0.2, -0.15) is 5.26 Å². The van der Waals surface area contributed by atoms with Crippen LogP contribution in [0.3, 0.4) is 0 Å². The Hall–Kier alpha value is -2.35. The highest BCUT2D eigenvalue weighted by atomic mass is 16.5. The SMILES string of the molecule is N#CC1C(=N)OC2=C(C(=O)CCC2)C1c1ccco1. The number of rotatable bonds is 1. The Kier molecular flexibility index (Phi) is 2.71. The molecular formula is C14H12N2O3. The average Bonchev–Trinajstić information content (AvgIpc) is 2.91. The number of ether oxygens (including phenoxy) is 1. The summed E-state index contributed by atoms with van der Waals surface area (Å²) < 4.78 is 10.7. The molecule has 0 saturated heterocycles. The molecule has 0 spiro atoms. The lowest BCUT2D eigenvalue weighted by Gasteiger charge is -2.32. The highest BCUT2D eigenvalue weighted by molar-refractivity contribution is 6.01. The molecule has 1 aromatic rings. The van der Waals surface area contributed by atoms with Crippen LogP contribution in [0.15, 0.2) is 34.1 Å². The average molecular weight is 256 g/mol. The number of carbonyl (C=O) groups is 1. The van der Waals surface area contributed by atoms with Crippen molar-refractivity contribution in [3.8, 4) is 6.07 Å². The van der Waals surface area contributed by atoms with Gasteiger partial charge in [0.05, 0.1) is 18.3 Å². The first-order chi connectivity index (χ1) is 9.22. The van der Waals surface area contributed by atoms with Crippen LogP contribution < -0.4 is 0 Å². The van der Waals surface area contributed by atoms with Gasteiger partial charge in [0.15, 0.2) is 5.78 Å². The van der Waals surface area contributed by atoms with E-state index in [1.807, 2.05) is 6.07 Å². The van der Waals surface area contributed by atoms with E-state index in [-0.39, 0.29) is 11.7 Å². The molecule has 19 heavy (non-hydrogen) atoms. The van der Waals surface area contributed by atoms with E-state index in [2.05, 4.69) is 0 Å². The van der Waals surface area contributed by atoms with Crippen molar-refractivity contribution in [3.05, 3.63) is 35.5 Å². The number of hydrogen-bond donors (Lipinski definition) is 1. The number of allylic oxidation sites excluding steroid dienone is 2. The van der Waals surface area contributed by atoms with Gasteiger partial charge in [0, 0.05) is 18.4 Å². The van der Waals surface area contributed by atoms with Crippen LogP contribution in [0.25, 0.3) is 0 Å². The van der Waals surface area contributed by atoms with Gasteiger partial charge in [0.2, 0.25) is 5.90 Å². The molecule has 0 saturated carbocycles. The van der Waals surface area contributed by atoms with Crippen LogP contribution in [0.5, 0.6) is 0 Å². The minimum absolute atomic E-state index is 0.00426. The largest absolute Gasteiger partial charge is 0.469 e. The van der Waals surface area contributed by atoms with E-state index in [4.69, 9.17) is 14.6 Å². The van der Waals surface area contributed by atoms with Crippen LogP contribution in [0.2, 0.25) is 0 Å². The number of ketones is 1. The van der Waals surface area contributed by atoms with Gasteiger partial charge < -0.3 is 9.15 Å². The lowest BCUT2D eigenvalue weighted by Crippen LogP contribution is -2.34. The Morgan fingerprint density at radius 3 is 2.95 bits per heavy atom. The van der Waals surface area contributed by atoms with Crippen LogP contribution in [0.4, 0.5) is 0 Å². The Morgan fingerprint density at radius 2 is 2.26 bits per heavy atom. The Morgan fingerprint density at radius 1 is 1.42 bits per heavy atom. The van der Waals surface area contributed by atoms with Crippen LogP contribution in [-0.2, 0) is 9.53 Å². The summed E-state index contributed by atoms with van der Waals surface area (Å²) in [4.78, 5) is 12.1. The van der Waals surface area contributed by atoms with Crippen LogP contribution >= 0.6 is 0 Å². The highest BCUT2D eigenvalue weighted by Crippen LogP contribution is 2.43. The predicted molar refractivity (Wildman–Crippen MR) is 65.2 cm³/mol. The molecule has 0 bridgehead atoms. The van der Waals surface area contributed by atoms with E-state index < -0.39 is 11.8 Å². The third kappa shape index (κ3) is 1.76. The molecular weight excluding hydrogens is 244 g/mol. The number of carbonyl (C=O) groups excluding carboxylic acids is 1. The molecule has 3 rings (SSSR count). The minimum atomic E-state index is -0.799. The molecule has 2 aliphatic rings. The minimum Gasteiger partial charge on any atom is -0.469 e. The van der Waals surface area contributed by atoms with Crippen molar-refractivity contribution in [2.45, 2.75) is 25.2 Å². The van der Waals surface area contributed by atoms with Crippen molar-refractivity contribution in [2.75, 3.05) is 0 Å². The Balaban J connectivity index is 2.16. The zero-order chi connectivity index (χ0) is 13.4. The first kappa shape index (κ1) is 11.7. The number of nitrogens with one attached hydrogen (secondary N) is 1. The van der Waals surface area contributed by atoms with Crippen LogP contribution in [0, 0.1) is 22.7 Å². The summed E-state index contributed by atoms with van der Waals surface area (Å²) in [5, 5.41) is 17.1.